The average molecular weight is 404 g/mol. The van der Waals surface area contributed by atoms with Gasteiger partial charge in [0.2, 0.25) is 11.8 Å². The van der Waals surface area contributed by atoms with E-state index in [-0.39, 0.29) is 18.2 Å². The molecular formula is C19H24N4O4S. The fourth-order valence-corrected chi connectivity index (χ4v) is 4.06. The number of thiocarbonyl (C=S) groups is 1. The van der Waals surface area contributed by atoms with Crippen molar-refractivity contribution < 1.29 is 19.1 Å². The smallest absolute Gasteiger partial charge is 0.243 e. The first-order valence-electron chi connectivity index (χ1n) is 9.66. The molecule has 9 heteroatoms. The maximum Gasteiger partial charge on any atom is 0.243 e. The lowest BCUT2D eigenvalue weighted by Crippen LogP contribution is -2.50. The van der Waals surface area contributed by atoms with Crippen molar-refractivity contribution in [2.75, 3.05) is 24.7 Å². The number of hydrazine groups is 1. The van der Waals surface area contributed by atoms with Crippen LogP contribution in [0.4, 0.5) is 5.69 Å². The Morgan fingerprint density at radius 2 is 1.86 bits per heavy atom. The van der Waals surface area contributed by atoms with Gasteiger partial charge in [-0.25, -0.2) is 0 Å². The number of benzene rings is 1. The summed E-state index contributed by atoms with van der Waals surface area (Å²) in [5.74, 6) is 0.507. The van der Waals surface area contributed by atoms with E-state index in [9.17, 15) is 9.59 Å². The van der Waals surface area contributed by atoms with Crippen LogP contribution < -0.4 is 30.5 Å². The number of rotatable bonds is 3. The summed E-state index contributed by atoms with van der Waals surface area (Å²) < 4.78 is 11.1. The van der Waals surface area contributed by atoms with Gasteiger partial charge in [-0.3, -0.25) is 20.4 Å². The normalized spacial score (nSPS) is 21.5. The summed E-state index contributed by atoms with van der Waals surface area (Å²) in [6.07, 6.45) is 4.75. The molecule has 2 fully saturated rings. The Labute approximate surface area is 168 Å². The monoisotopic (exact) mass is 404 g/mol. The number of carbonyl (C=O) groups excluding carboxylic acids is 2. The van der Waals surface area contributed by atoms with Crippen LogP contribution in [0.15, 0.2) is 18.2 Å². The average Bonchev–Trinajstić information content (AvgIpc) is 3.35. The number of fused-ring (bicyclic) bond motifs is 1. The van der Waals surface area contributed by atoms with E-state index in [1.165, 1.54) is 12.8 Å². The van der Waals surface area contributed by atoms with Crippen molar-refractivity contribution in [2.45, 2.75) is 38.1 Å². The summed E-state index contributed by atoms with van der Waals surface area (Å²) in [5, 5.41) is 3.61. The molecule has 1 aromatic carbocycles. The van der Waals surface area contributed by atoms with Crippen LogP contribution in [0.25, 0.3) is 0 Å². The van der Waals surface area contributed by atoms with Crippen molar-refractivity contribution in [1.82, 2.24) is 16.2 Å². The standard InChI is InChI=1S/C19H24N4O4S/c24-17-9-12(18(25)21-22-19(28)20-13-3-1-2-4-13)11-23(17)14-5-6-15-16(10-14)27-8-7-26-15/h5-6,10,12-13H,1-4,7-9,11H2,(H,21,25)(H2,20,22,28)/t12-/m1/s1. The highest BCUT2D eigenvalue weighted by atomic mass is 32.1. The summed E-state index contributed by atoms with van der Waals surface area (Å²) in [7, 11) is 0. The van der Waals surface area contributed by atoms with Gasteiger partial charge >= 0.3 is 0 Å². The van der Waals surface area contributed by atoms with Crippen molar-refractivity contribution in [1.29, 1.82) is 0 Å². The summed E-state index contributed by atoms with van der Waals surface area (Å²) in [4.78, 5) is 26.5. The van der Waals surface area contributed by atoms with Gasteiger partial charge in [0.15, 0.2) is 16.6 Å². The number of anilines is 1. The van der Waals surface area contributed by atoms with E-state index in [4.69, 9.17) is 21.7 Å². The number of hydrogen-bond donors (Lipinski definition) is 3. The summed E-state index contributed by atoms with van der Waals surface area (Å²) in [5.41, 5.74) is 6.08. The van der Waals surface area contributed by atoms with Gasteiger partial charge in [-0.15, -0.1) is 0 Å². The molecule has 0 spiro atoms. The van der Waals surface area contributed by atoms with E-state index in [2.05, 4.69) is 16.2 Å². The Morgan fingerprint density at radius 1 is 1.11 bits per heavy atom. The Hall–Kier alpha value is -2.55. The van der Waals surface area contributed by atoms with E-state index in [1.807, 2.05) is 6.07 Å². The molecule has 1 saturated carbocycles. The number of nitrogens with one attached hydrogen (secondary N) is 3. The Balaban J connectivity index is 1.31. The second-order valence-corrected chi connectivity index (χ2v) is 7.71. The molecular weight excluding hydrogens is 380 g/mol. The molecule has 3 N–H and O–H groups in total. The van der Waals surface area contributed by atoms with E-state index < -0.39 is 5.92 Å². The molecule has 0 radical (unpaired) electrons. The fraction of sp³-hybridized carbons (Fsp3) is 0.526. The highest BCUT2D eigenvalue weighted by Crippen LogP contribution is 2.35. The number of amides is 2. The summed E-state index contributed by atoms with van der Waals surface area (Å²) in [6.45, 7) is 1.31. The molecule has 8 nitrogen and oxygen atoms in total. The van der Waals surface area contributed by atoms with Crippen LogP contribution in [-0.4, -0.2) is 42.7 Å². The lowest BCUT2D eigenvalue weighted by Gasteiger charge is -2.22. The lowest BCUT2D eigenvalue weighted by molar-refractivity contribution is -0.126. The largest absolute Gasteiger partial charge is 0.486 e. The minimum atomic E-state index is -0.442. The predicted octanol–water partition coefficient (Wildman–Crippen LogP) is 1.25. The number of ether oxygens (including phenoxy) is 2. The van der Waals surface area contributed by atoms with Gasteiger partial charge in [-0.1, -0.05) is 12.8 Å². The van der Waals surface area contributed by atoms with Crippen molar-refractivity contribution in [3.8, 4) is 11.5 Å². The van der Waals surface area contributed by atoms with Gasteiger partial charge < -0.3 is 19.7 Å². The molecule has 0 unspecified atom stereocenters. The topological polar surface area (TPSA) is 91.9 Å². The van der Waals surface area contributed by atoms with Crippen LogP contribution in [0.5, 0.6) is 11.5 Å². The fourth-order valence-electron chi connectivity index (χ4n) is 3.84. The van der Waals surface area contributed by atoms with Crippen molar-refractivity contribution in [3.05, 3.63) is 18.2 Å². The second kappa shape index (κ2) is 8.22. The molecule has 4 rings (SSSR count). The Morgan fingerprint density at radius 3 is 2.64 bits per heavy atom. The third kappa shape index (κ3) is 4.14. The SMILES string of the molecule is O=C(NNC(=S)NC1CCCC1)[C@@H]1CC(=O)N(c2ccc3c(c2)OCCO3)C1. The molecule has 0 aromatic heterocycles. The molecule has 2 heterocycles. The zero-order chi connectivity index (χ0) is 19.5. The van der Waals surface area contributed by atoms with E-state index in [1.54, 1.807) is 17.0 Å². The molecule has 2 aliphatic heterocycles. The van der Waals surface area contributed by atoms with Gasteiger partial charge in [0.05, 0.1) is 5.92 Å². The Bertz CT molecular complexity index is 781. The van der Waals surface area contributed by atoms with Crippen LogP contribution in [0.1, 0.15) is 32.1 Å². The van der Waals surface area contributed by atoms with Crippen LogP contribution in [0.3, 0.4) is 0 Å². The quantitative estimate of drug-likeness (QED) is 0.516. The van der Waals surface area contributed by atoms with Crippen molar-refractivity contribution in [2.24, 2.45) is 5.92 Å². The lowest BCUT2D eigenvalue weighted by atomic mass is 10.1. The molecule has 1 saturated heterocycles. The zero-order valence-corrected chi connectivity index (χ0v) is 16.3. The highest BCUT2D eigenvalue weighted by Gasteiger charge is 2.35. The Kier molecular flexibility index (Phi) is 5.52. The van der Waals surface area contributed by atoms with Crippen LogP contribution >= 0.6 is 12.2 Å². The minimum absolute atomic E-state index is 0.0940. The first kappa shape index (κ1) is 18.8. The molecule has 2 amide bonds. The minimum Gasteiger partial charge on any atom is -0.486 e. The van der Waals surface area contributed by atoms with Gasteiger partial charge in [0, 0.05) is 30.8 Å². The van der Waals surface area contributed by atoms with Gasteiger partial charge in [0.25, 0.3) is 0 Å². The molecule has 28 heavy (non-hydrogen) atoms. The maximum atomic E-state index is 12.5. The number of carbonyl (C=O) groups is 2. The predicted molar refractivity (Wildman–Crippen MR) is 107 cm³/mol. The summed E-state index contributed by atoms with van der Waals surface area (Å²) in [6, 6.07) is 5.76. The number of hydrogen-bond acceptors (Lipinski definition) is 5. The van der Waals surface area contributed by atoms with Crippen molar-refractivity contribution >= 4 is 34.8 Å². The molecule has 1 aromatic rings. The van der Waals surface area contributed by atoms with E-state index in [0.29, 0.717) is 48.1 Å². The highest BCUT2D eigenvalue weighted by molar-refractivity contribution is 7.80. The van der Waals surface area contributed by atoms with E-state index in [0.717, 1.165) is 12.8 Å². The second-order valence-electron chi connectivity index (χ2n) is 7.30. The molecule has 1 atom stereocenters. The van der Waals surface area contributed by atoms with E-state index >= 15 is 0 Å². The first-order valence-corrected chi connectivity index (χ1v) is 10.1. The molecule has 1 aliphatic carbocycles. The molecule has 3 aliphatic rings. The zero-order valence-electron chi connectivity index (χ0n) is 15.5. The third-order valence-electron chi connectivity index (χ3n) is 5.32. The van der Waals surface area contributed by atoms with Crippen LogP contribution in [0.2, 0.25) is 0 Å². The van der Waals surface area contributed by atoms with Crippen molar-refractivity contribution in [3.63, 3.8) is 0 Å². The molecule has 0 bridgehead atoms. The number of nitrogens with zero attached hydrogens (tertiary/aromatic N) is 1. The summed E-state index contributed by atoms with van der Waals surface area (Å²) >= 11 is 5.22. The molecule has 150 valence electrons. The van der Waals surface area contributed by atoms with Crippen LogP contribution in [0, 0.1) is 5.92 Å². The van der Waals surface area contributed by atoms with Gasteiger partial charge in [-0.05, 0) is 37.2 Å². The van der Waals surface area contributed by atoms with Crippen LogP contribution in [-0.2, 0) is 9.59 Å². The van der Waals surface area contributed by atoms with Gasteiger partial charge in [-0.2, -0.15) is 0 Å². The maximum absolute atomic E-state index is 12.5. The van der Waals surface area contributed by atoms with Gasteiger partial charge in [0.1, 0.15) is 13.2 Å². The first-order chi connectivity index (χ1) is 13.6. The third-order valence-corrected chi connectivity index (χ3v) is 5.54.